The Balaban J connectivity index is 1.43. The molecule has 32 heavy (non-hydrogen) atoms. The molecule has 0 aliphatic carbocycles. The fraction of sp³-hybridized carbons (Fsp3) is 0.217. The van der Waals surface area contributed by atoms with Crippen LogP contribution in [0.4, 0.5) is 16.2 Å². The molecule has 1 amide bonds. The predicted octanol–water partition coefficient (Wildman–Crippen LogP) is 3.63. The second-order valence-electron chi connectivity index (χ2n) is 7.19. The average Bonchev–Trinajstić information content (AvgIpc) is 3.30. The van der Waals surface area contributed by atoms with E-state index in [1.165, 1.54) is 7.11 Å². The van der Waals surface area contributed by atoms with Crippen molar-refractivity contribution in [3.63, 3.8) is 0 Å². The molecule has 3 aromatic rings. The first-order valence-electron chi connectivity index (χ1n) is 9.94. The highest BCUT2D eigenvalue weighted by Gasteiger charge is 2.33. The van der Waals surface area contributed by atoms with Crippen LogP contribution >= 0.6 is 0 Å². The van der Waals surface area contributed by atoms with Crippen LogP contribution in [0, 0.1) is 0 Å². The number of aromatic nitrogens is 1. The largest absolute Gasteiger partial charge is 0.497 e. The Kier molecular flexibility index (Phi) is 5.89. The normalized spacial score (nSPS) is 13.2. The van der Waals surface area contributed by atoms with E-state index in [4.69, 9.17) is 14.2 Å². The fourth-order valence-electron chi connectivity index (χ4n) is 3.62. The number of carboxylic acid groups (broad SMARTS) is 1. The second kappa shape index (κ2) is 8.93. The monoisotopic (exact) mass is 437 g/mol. The Morgan fingerprint density at radius 1 is 1.03 bits per heavy atom. The number of hydrogen-bond donors (Lipinski definition) is 2. The van der Waals surface area contributed by atoms with Crippen LogP contribution in [-0.2, 0) is 4.74 Å². The SMILES string of the molecule is COc1ccc(NC(=O)OC2CN(c3cccc(C(=O)O)c3-n3cccc3)C2)c(OC)c1. The molecule has 9 heteroatoms. The van der Waals surface area contributed by atoms with Crippen molar-refractivity contribution in [1.29, 1.82) is 0 Å². The highest BCUT2D eigenvalue weighted by molar-refractivity contribution is 5.95. The predicted molar refractivity (Wildman–Crippen MR) is 118 cm³/mol. The number of benzene rings is 2. The quantitative estimate of drug-likeness (QED) is 0.582. The van der Waals surface area contributed by atoms with Crippen molar-refractivity contribution in [3.05, 3.63) is 66.5 Å². The van der Waals surface area contributed by atoms with Crippen LogP contribution in [0.5, 0.6) is 11.5 Å². The van der Waals surface area contributed by atoms with E-state index in [9.17, 15) is 14.7 Å². The maximum absolute atomic E-state index is 12.4. The van der Waals surface area contributed by atoms with E-state index >= 15 is 0 Å². The number of anilines is 2. The summed E-state index contributed by atoms with van der Waals surface area (Å²) in [6, 6.07) is 13.9. The average molecular weight is 437 g/mol. The van der Waals surface area contributed by atoms with Gasteiger partial charge in [-0.2, -0.15) is 0 Å². The molecule has 1 aliphatic rings. The Bertz CT molecular complexity index is 1120. The summed E-state index contributed by atoms with van der Waals surface area (Å²) in [5.41, 5.74) is 2.01. The van der Waals surface area contributed by atoms with Crippen LogP contribution < -0.4 is 19.7 Å². The molecule has 0 spiro atoms. The summed E-state index contributed by atoms with van der Waals surface area (Å²) in [6.45, 7) is 0.898. The molecule has 0 unspecified atom stereocenters. The summed E-state index contributed by atoms with van der Waals surface area (Å²) in [5.74, 6) is 0.0626. The van der Waals surface area contributed by atoms with Crippen LogP contribution in [0.25, 0.3) is 5.69 Å². The van der Waals surface area contributed by atoms with E-state index in [2.05, 4.69) is 5.32 Å². The topological polar surface area (TPSA) is 102 Å². The van der Waals surface area contributed by atoms with Crippen molar-refractivity contribution in [1.82, 2.24) is 4.57 Å². The lowest BCUT2D eigenvalue weighted by molar-refractivity contribution is 0.0697. The van der Waals surface area contributed by atoms with Crippen molar-refractivity contribution in [3.8, 4) is 17.2 Å². The van der Waals surface area contributed by atoms with Gasteiger partial charge >= 0.3 is 12.1 Å². The minimum absolute atomic E-state index is 0.201. The molecule has 1 aliphatic heterocycles. The summed E-state index contributed by atoms with van der Waals surface area (Å²) in [5, 5.41) is 12.3. The van der Waals surface area contributed by atoms with Crippen molar-refractivity contribution in [2.75, 3.05) is 37.5 Å². The maximum atomic E-state index is 12.4. The molecule has 166 valence electrons. The van der Waals surface area contributed by atoms with E-state index in [1.807, 2.05) is 23.1 Å². The number of carboxylic acids is 1. The van der Waals surface area contributed by atoms with Gasteiger partial charge in [-0.25, -0.2) is 9.59 Å². The van der Waals surface area contributed by atoms with Crippen LogP contribution in [0.15, 0.2) is 60.9 Å². The number of carbonyl (C=O) groups is 2. The molecule has 1 saturated heterocycles. The summed E-state index contributed by atoms with van der Waals surface area (Å²) in [6.07, 6.45) is 2.68. The molecular weight excluding hydrogens is 414 g/mol. The van der Waals surface area contributed by atoms with Gasteiger partial charge in [0.15, 0.2) is 0 Å². The van der Waals surface area contributed by atoms with Gasteiger partial charge in [0.05, 0.1) is 49.9 Å². The number of nitrogens with one attached hydrogen (secondary N) is 1. The van der Waals surface area contributed by atoms with Crippen molar-refractivity contribution < 1.29 is 28.9 Å². The zero-order valence-electron chi connectivity index (χ0n) is 17.6. The lowest BCUT2D eigenvalue weighted by Crippen LogP contribution is -2.53. The van der Waals surface area contributed by atoms with E-state index in [1.54, 1.807) is 54.4 Å². The summed E-state index contributed by atoms with van der Waals surface area (Å²) >= 11 is 0. The Hall–Kier alpha value is -4.14. The van der Waals surface area contributed by atoms with Crippen LogP contribution in [-0.4, -0.2) is 55.1 Å². The zero-order valence-corrected chi connectivity index (χ0v) is 17.6. The Labute approximate surface area is 184 Å². The van der Waals surface area contributed by atoms with Crippen LogP contribution in [0.3, 0.4) is 0 Å². The third-order valence-corrected chi connectivity index (χ3v) is 5.22. The van der Waals surface area contributed by atoms with Crippen molar-refractivity contribution in [2.45, 2.75) is 6.10 Å². The van der Waals surface area contributed by atoms with Gasteiger partial charge in [0.2, 0.25) is 0 Å². The third-order valence-electron chi connectivity index (χ3n) is 5.22. The zero-order chi connectivity index (χ0) is 22.7. The molecule has 2 heterocycles. The van der Waals surface area contributed by atoms with Gasteiger partial charge in [0, 0.05) is 18.5 Å². The molecule has 1 fully saturated rings. The van der Waals surface area contributed by atoms with Gasteiger partial charge in [-0.05, 0) is 36.4 Å². The van der Waals surface area contributed by atoms with Gasteiger partial charge in [0.25, 0.3) is 0 Å². The number of carbonyl (C=O) groups excluding carboxylic acids is 1. The van der Waals surface area contributed by atoms with E-state index in [-0.39, 0.29) is 11.7 Å². The number of hydrogen-bond acceptors (Lipinski definition) is 6. The molecule has 0 radical (unpaired) electrons. The number of para-hydroxylation sites is 1. The lowest BCUT2D eigenvalue weighted by Gasteiger charge is -2.41. The summed E-state index contributed by atoms with van der Waals surface area (Å²) in [7, 11) is 3.05. The minimum Gasteiger partial charge on any atom is -0.497 e. The van der Waals surface area contributed by atoms with Gasteiger partial charge in [-0.1, -0.05) is 6.07 Å². The molecule has 2 aromatic carbocycles. The van der Waals surface area contributed by atoms with Gasteiger partial charge < -0.3 is 28.8 Å². The molecule has 9 nitrogen and oxygen atoms in total. The third kappa shape index (κ3) is 4.18. The highest BCUT2D eigenvalue weighted by atomic mass is 16.6. The summed E-state index contributed by atoms with van der Waals surface area (Å²) in [4.78, 5) is 26.1. The number of ether oxygens (including phenoxy) is 3. The first-order valence-corrected chi connectivity index (χ1v) is 9.94. The van der Waals surface area contributed by atoms with Crippen LogP contribution in [0.1, 0.15) is 10.4 Å². The molecule has 2 N–H and O–H groups in total. The van der Waals surface area contributed by atoms with Gasteiger partial charge in [0.1, 0.15) is 17.6 Å². The molecular formula is C23H23N3O6. The van der Waals surface area contributed by atoms with Gasteiger partial charge in [-0.15, -0.1) is 0 Å². The number of aromatic carboxylic acids is 1. The standard InChI is InChI=1S/C23H23N3O6/c1-30-15-8-9-18(20(12-15)31-2)24-23(29)32-16-13-26(14-16)19-7-5-6-17(22(27)28)21(19)25-10-3-4-11-25/h3-12,16H,13-14H2,1-2H3,(H,24,29)(H,27,28). The van der Waals surface area contributed by atoms with E-state index in [0.29, 0.717) is 36.0 Å². The van der Waals surface area contributed by atoms with Gasteiger partial charge in [-0.3, -0.25) is 5.32 Å². The molecule has 1 aromatic heterocycles. The maximum Gasteiger partial charge on any atom is 0.412 e. The summed E-state index contributed by atoms with van der Waals surface area (Å²) < 4.78 is 17.7. The van der Waals surface area contributed by atoms with E-state index in [0.717, 1.165) is 5.69 Å². The molecule has 4 rings (SSSR count). The fourth-order valence-corrected chi connectivity index (χ4v) is 3.62. The number of methoxy groups -OCH3 is 2. The van der Waals surface area contributed by atoms with Crippen molar-refractivity contribution in [2.24, 2.45) is 0 Å². The first kappa shape index (κ1) is 21.1. The minimum atomic E-state index is -1.00. The number of amides is 1. The second-order valence-corrected chi connectivity index (χ2v) is 7.19. The Morgan fingerprint density at radius 2 is 1.78 bits per heavy atom. The molecule has 0 atom stereocenters. The highest BCUT2D eigenvalue weighted by Crippen LogP contribution is 2.33. The Morgan fingerprint density at radius 3 is 2.44 bits per heavy atom. The first-order chi connectivity index (χ1) is 15.5. The molecule has 0 saturated carbocycles. The number of nitrogens with zero attached hydrogens (tertiary/aromatic N) is 2. The van der Waals surface area contributed by atoms with E-state index < -0.39 is 12.1 Å². The van der Waals surface area contributed by atoms with Crippen molar-refractivity contribution >= 4 is 23.4 Å². The van der Waals surface area contributed by atoms with Crippen LogP contribution in [0.2, 0.25) is 0 Å². The smallest absolute Gasteiger partial charge is 0.412 e. The molecule has 0 bridgehead atoms. The lowest BCUT2D eigenvalue weighted by atomic mass is 10.1. The number of rotatable bonds is 7.